The summed E-state index contributed by atoms with van der Waals surface area (Å²) in [5.41, 5.74) is 0. The van der Waals surface area contributed by atoms with Gasteiger partial charge in [0.05, 0.1) is 0 Å². The van der Waals surface area contributed by atoms with Gasteiger partial charge in [0.25, 0.3) is 0 Å². The van der Waals surface area contributed by atoms with E-state index in [1.54, 1.807) is 0 Å². The van der Waals surface area contributed by atoms with Gasteiger partial charge < -0.3 is 14.2 Å². The van der Waals surface area contributed by atoms with Crippen molar-refractivity contribution < 1.29 is 28.6 Å². The number of esters is 3. The second kappa shape index (κ2) is 57.4. The summed E-state index contributed by atoms with van der Waals surface area (Å²) < 4.78 is 16.8. The van der Waals surface area contributed by atoms with Crippen LogP contribution in [-0.4, -0.2) is 37.2 Å². The van der Waals surface area contributed by atoms with Crippen molar-refractivity contribution in [1.29, 1.82) is 0 Å². The summed E-state index contributed by atoms with van der Waals surface area (Å²) in [6, 6.07) is 0. The van der Waals surface area contributed by atoms with Crippen molar-refractivity contribution >= 4 is 17.9 Å². The lowest BCUT2D eigenvalue weighted by molar-refractivity contribution is -0.167. The molecule has 0 amide bonds. The molecule has 0 radical (unpaired) electrons. The Balaban J connectivity index is 4.51. The summed E-state index contributed by atoms with van der Waals surface area (Å²) >= 11 is 0. The Morgan fingerprint density at radius 2 is 0.571 bits per heavy atom. The minimum absolute atomic E-state index is 0.108. The van der Waals surface area contributed by atoms with E-state index in [2.05, 4.69) is 142 Å². The lowest BCUT2D eigenvalue weighted by Gasteiger charge is -2.18. The van der Waals surface area contributed by atoms with E-state index in [1.165, 1.54) is 70.6 Å². The van der Waals surface area contributed by atoms with E-state index in [1.807, 2.05) is 0 Å². The van der Waals surface area contributed by atoms with Gasteiger partial charge in [-0.05, 0) is 103 Å². The van der Waals surface area contributed by atoms with Gasteiger partial charge >= 0.3 is 17.9 Å². The number of carbonyl (C=O) groups is 3. The molecule has 0 N–H and O–H groups in total. The number of allylic oxidation sites excluding steroid dienone is 20. The fourth-order valence-corrected chi connectivity index (χ4v) is 7.50. The Morgan fingerprint density at radius 3 is 0.914 bits per heavy atom. The Labute approximate surface area is 431 Å². The van der Waals surface area contributed by atoms with Crippen LogP contribution in [0.4, 0.5) is 0 Å². The standard InChI is InChI=1S/C64H104O6/c1-4-7-10-13-16-19-22-25-28-30-31-32-33-35-36-39-42-45-48-51-54-57-63(66)69-60-61(59-68-62(65)56-53-50-47-44-41-38-27-24-21-18-15-12-9-6-3)70-64(67)58-55-52-49-46-43-40-37-34-29-26-23-20-17-14-11-8-5-2/h7-8,10-11,16-17,19-20,25-26,28-29,31-32,35-37,40,46,49,61H,4-6,9,12-15,18,21-24,27,30,33-34,38-39,41-45,47-48,50-60H2,1-3H3/b10-7-,11-8-,19-16-,20-17-,28-25-,29-26-,32-31-,36-35-,40-37-,49-46-. The van der Waals surface area contributed by atoms with Crippen molar-refractivity contribution in [2.24, 2.45) is 0 Å². The van der Waals surface area contributed by atoms with E-state index in [0.29, 0.717) is 19.3 Å². The molecular weight excluding hydrogens is 865 g/mol. The van der Waals surface area contributed by atoms with Gasteiger partial charge in [0, 0.05) is 19.3 Å². The number of ether oxygens (including phenoxy) is 3. The molecule has 6 heteroatoms. The molecular formula is C64H104O6. The predicted molar refractivity (Wildman–Crippen MR) is 302 cm³/mol. The van der Waals surface area contributed by atoms with Gasteiger partial charge in [-0.3, -0.25) is 14.4 Å². The van der Waals surface area contributed by atoms with Crippen molar-refractivity contribution in [3.8, 4) is 0 Å². The molecule has 0 heterocycles. The monoisotopic (exact) mass is 969 g/mol. The van der Waals surface area contributed by atoms with E-state index >= 15 is 0 Å². The lowest BCUT2D eigenvalue weighted by Crippen LogP contribution is -2.30. The summed E-state index contributed by atoms with van der Waals surface area (Å²) in [5, 5.41) is 0. The first-order valence-electron chi connectivity index (χ1n) is 28.5. The van der Waals surface area contributed by atoms with Crippen molar-refractivity contribution in [1.82, 2.24) is 0 Å². The molecule has 1 unspecified atom stereocenters. The summed E-state index contributed by atoms with van der Waals surface area (Å²) in [7, 11) is 0. The van der Waals surface area contributed by atoms with Crippen LogP contribution in [0.25, 0.3) is 0 Å². The van der Waals surface area contributed by atoms with Crippen LogP contribution < -0.4 is 0 Å². The van der Waals surface area contributed by atoms with Gasteiger partial charge in [-0.2, -0.15) is 0 Å². The molecule has 0 spiro atoms. The van der Waals surface area contributed by atoms with E-state index in [4.69, 9.17) is 14.2 Å². The minimum Gasteiger partial charge on any atom is -0.462 e. The van der Waals surface area contributed by atoms with Gasteiger partial charge in [0.1, 0.15) is 13.2 Å². The highest BCUT2D eigenvalue weighted by atomic mass is 16.6. The zero-order valence-corrected chi connectivity index (χ0v) is 45.2. The average molecular weight is 970 g/mol. The number of unbranched alkanes of at least 4 members (excludes halogenated alkanes) is 19. The summed E-state index contributed by atoms with van der Waals surface area (Å²) in [5.74, 6) is -0.987. The molecule has 0 fully saturated rings. The molecule has 1 atom stereocenters. The second-order valence-corrected chi connectivity index (χ2v) is 18.4. The molecule has 0 saturated carbocycles. The van der Waals surface area contributed by atoms with Crippen molar-refractivity contribution in [3.05, 3.63) is 122 Å². The number of hydrogen-bond donors (Lipinski definition) is 0. The molecule has 396 valence electrons. The van der Waals surface area contributed by atoms with Crippen LogP contribution >= 0.6 is 0 Å². The zero-order chi connectivity index (χ0) is 50.7. The zero-order valence-electron chi connectivity index (χ0n) is 45.2. The van der Waals surface area contributed by atoms with Gasteiger partial charge in [-0.15, -0.1) is 0 Å². The van der Waals surface area contributed by atoms with Crippen LogP contribution in [-0.2, 0) is 28.6 Å². The van der Waals surface area contributed by atoms with Crippen LogP contribution in [0, 0.1) is 0 Å². The molecule has 0 saturated heterocycles. The van der Waals surface area contributed by atoms with E-state index in [9.17, 15) is 14.4 Å². The first-order chi connectivity index (χ1) is 34.5. The number of hydrogen-bond acceptors (Lipinski definition) is 6. The van der Waals surface area contributed by atoms with Crippen LogP contribution in [0.2, 0.25) is 0 Å². The maximum absolute atomic E-state index is 12.8. The molecule has 0 aromatic rings. The summed E-state index contributed by atoms with van der Waals surface area (Å²) in [4.78, 5) is 38.1. The van der Waals surface area contributed by atoms with E-state index in [0.717, 1.165) is 128 Å². The molecule has 6 nitrogen and oxygen atoms in total. The van der Waals surface area contributed by atoms with Crippen molar-refractivity contribution in [2.45, 2.75) is 252 Å². The maximum atomic E-state index is 12.8. The largest absolute Gasteiger partial charge is 0.462 e. The summed E-state index contributed by atoms with van der Waals surface area (Å²) in [6.45, 7) is 6.35. The van der Waals surface area contributed by atoms with Gasteiger partial charge in [-0.25, -0.2) is 0 Å². The number of carbonyl (C=O) groups excluding carboxylic acids is 3. The Hall–Kier alpha value is -4.19. The van der Waals surface area contributed by atoms with Crippen LogP contribution in [0.3, 0.4) is 0 Å². The molecule has 70 heavy (non-hydrogen) atoms. The molecule has 0 aliphatic heterocycles. The Morgan fingerprint density at radius 1 is 0.300 bits per heavy atom. The molecule has 0 aromatic heterocycles. The molecule has 0 aliphatic carbocycles. The SMILES string of the molecule is CC/C=C\C/C=C\C/C=C\C/C=C\C/C=C\CCCCCCCC(=O)OCC(COC(=O)CCCCCCCCCCCCCCCC)OC(=O)CCC/C=C\C/C=C\C/C=C\C/C=C\C/C=C\CC. The van der Waals surface area contributed by atoms with Crippen molar-refractivity contribution in [2.75, 3.05) is 13.2 Å². The highest BCUT2D eigenvalue weighted by Gasteiger charge is 2.19. The van der Waals surface area contributed by atoms with Crippen LogP contribution in [0.1, 0.15) is 245 Å². The third-order valence-electron chi connectivity index (χ3n) is 11.7. The van der Waals surface area contributed by atoms with Gasteiger partial charge in [0.2, 0.25) is 0 Å². The average Bonchev–Trinajstić information content (AvgIpc) is 3.36. The van der Waals surface area contributed by atoms with E-state index in [-0.39, 0.29) is 37.5 Å². The Bertz CT molecular complexity index is 1490. The van der Waals surface area contributed by atoms with Crippen LogP contribution in [0.15, 0.2) is 122 Å². The van der Waals surface area contributed by atoms with E-state index < -0.39 is 6.10 Å². The smallest absolute Gasteiger partial charge is 0.306 e. The van der Waals surface area contributed by atoms with Crippen LogP contribution in [0.5, 0.6) is 0 Å². The molecule has 0 bridgehead atoms. The van der Waals surface area contributed by atoms with Gasteiger partial charge in [-0.1, -0.05) is 245 Å². The molecule has 0 aromatic carbocycles. The quantitative estimate of drug-likeness (QED) is 0.0262. The Kier molecular flexibility index (Phi) is 54.0. The fraction of sp³-hybridized carbons (Fsp3) is 0.641. The van der Waals surface area contributed by atoms with Gasteiger partial charge in [0.15, 0.2) is 6.10 Å². The normalized spacial score (nSPS) is 13.0. The summed E-state index contributed by atoms with van der Waals surface area (Å²) in [6.07, 6.45) is 79.0. The maximum Gasteiger partial charge on any atom is 0.306 e. The topological polar surface area (TPSA) is 78.9 Å². The second-order valence-electron chi connectivity index (χ2n) is 18.4. The lowest BCUT2D eigenvalue weighted by atomic mass is 10.0. The number of rotatable bonds is 50. The highest BCUT2D eigenvalue weighted by Crippen LogP contribution is 2.15. The minimum atomic E-state index is -0.818. The first-order valence-corrected chi connectivity index (χ1v) is 28.5. The third-order valence-corrected chi connectivity index (χ3v) is 11.7. The van der Waals surface area contributed by atoms with Crippen molar-refractivity contribution in [3.63, 3.8) is 0 Å². The first kappa shape index (κ1) is 65.8. The third kappa shape index (κ3) is 54.7. The fourth-order valence-electron chi connectivity index (χ4n) is 7.50. The predicted octanol–water partition coefficient (Wildman–Crippen LogP) is 19.3. The molecule has 0 aliphatic rings. The highest BCUT2D eigenvalue weighted by molar-refractivity contribution is 5.71. The molecule has 0 rings (SSSR count).